The quantitative estimate of drug-likeness (QED) is 0.667. The van der Waals surface area contributed by atoms with Crippen molar-refractivity contribution in [2.75, 3.05) is 6.26 Å². The van der Waals surface area contributed by atoms with E-state index in [1.165, 1.54) is 6.92 Å². The van der Waals surface area contributed by atoms with E-state index >= 15 is 0 Å². The van der Waals surface area contributed by atoms with E-state index in [2.05, 4.69) is 5.32 Å². The number of benzene rings is 2. The predicted octanol–water partition coefficient (Wildman–Crippen LogP) is 3.65. The fourth-order valence-corrected chi connectivity index (χ4v) is 3.23. The number of hydrogen-bond acceptors (Lipinski definition) is 3. The summed E-state index contributed by atoms with van der Waals surface area (Å²) in [5.41, 5.74) is -1.06. The fourth-order valence-electron chi connectivity index (χ4n) is 2.82. The number of rotatable bonds is 4. The van der Waals surface area contributed by atoms with Gasteiger partial charge in [0.25, 0.3) is 5.91 Å². The molecule has 25 heavy (non-hydrogen) atoms. The Labute approximate surface area is 148 Å². The van der Waals surface area contributed by atoms with Crippen molar-refractivity contribution in [2.24, 2.45) is 0 Å². The third-order valence-electron chi connectivity index (χ3n) is 4.24. The predicted molar refractivity (Wildman–Crippen MR) is 91.0 cm³/mol. The topological polar surface area (TPSA) is 49.4 Å². The standard InChI is InChI=1S/C18H16F2N2O2S/c1-18(14-9-12(19)5-8-15(14)20)16(23)22(17(24)21-18)10-11-3-6-13(25-2)7-4-11/h3-9H,10H2,1-2H3,(H,21,24)/t18-/m0/s1. The van der Waals surface area contributed by atoms with Crippen LogP contribution in [0.25, 0.3) is 0 Å². The van der Waals surface area contributed by atoms with Crippen LogP contribution in [-0.4, -0.2) is 23.1 Å². The second-order valence-electron chi connectivity index (χ2n) is 5.92. The highest BCUT2D eigenvalue weighted by Gasteiger charge is 2.50. The Morgan fingerprint density at radius 3 is 2.44 bits per heavy atom. The van der Waals surface area contributed by atoms with Gasteiger partial charge in [0.2, 0.25) is 0 Å². The van der Waals surface area contributed by atoms with Crippen molar-refractivity contribution in [3.8, 4) is 0 Å². The lowest BCUT2D eigenvalue weighted by Crippen LogP contribution is -2.41. The Morgan fingerprint density at radius 2 is 1.80 bits per heavy atom. The third kappa shape index (κ3) is 3.11. The number of amides is 3. The number of halogens is 2. The van der Waals surface area contributed by atoms with Crippen LogP contribution in [0.1, 0.15) is 18.1 Å². The zero-order valence-corrected chi connectivity index (χ0v) is 14.5. The first-order chi connectivity index (χ1) is 11.8. The number of imide groups is 1. The smallest absolute Gasteiger partial charge is 0.319 e. The number of nitrogens with one attached hydrogen (secondary N) is 1. The number of urea groups is 1. The molecule has 1 heterocycles. The molecule has 1 saturated heterocycles. The zero-order valence-electron chi connectivity index (χ0n) is 13.7. The molecule has 0 aliphatic carbocycles. The number of carbonyl (C=O) groups excluding carboxylic acids is 2. The Morgan fingerprint density at radius 1 is 1.12 bits per heavy atom. The van der Waals surface area contributed by atoms with Crippen LogP contribution in [0.5, 0.6) is 0 Å². The summed E-state index contributed by atoms with van der Waals surface area (Å²) < 4.78 is 27.6. The number of carbonyl (C=O) groups is 2. The minimum absolute atomic E-state index is 0.0614. The van der Waals surface area contributed by atoms with Crippen LogP contribution in [0, 0.1) is 11.6 Å². The second kappa shape index (κ2) is 6.48. The van der Waals surface area contributed by atoms with Gasteiger partial charge in [-0.15, -0.1) is 11.8 Å². The van der Waals surface area contributed by atoms with E-state index in [-0.39, 0.29) is 12.1 Å². The minimum Gasteiger partial charge on any atom is -0.319 e. The lowest BCUT2D eigenvalue weighted by atomic mass is 9.91. The van der Waals surface area contributed by atoms with Gasteiger partial charge in [-0.25, -0.2) is 13.6 Å². The summed E-state index contributed by atoms with van der Waals surface area (Å²) in [6.07, 6.45) is 1.95. The molecule has 0 spiro atoms. The van der Waals surface area contributed by atoms with Crippen molar-refractivity contribution in [1.82, 2.24) is 10.2 Å². The number of nitrogens with zero attached hydrogens (tertiary/aromatic N) is 1. The van der Waals surface area contributed by atoms with E-state index in [1.807, 2.05) is 30.5 Å². The molecule has 3 rings (SSSR count). The number of thioether (sulfide) groups is 1. The maximum Gasteiger partial charge on any atom is 0.325 e. The molecule has 1 aliphatic rings. The summed E-state index contributed by atoms with van der Waals surface area (Å²) in [6.45, 7) is 1.44. The summed E-state index contributed by atoms with van der Waals surface area (Å²) in [4.78, 5) is 27.1. The monoisotopic (exact) mass is 362 g/mol. The molecule has 0 unspecified atom stereocenters. The minimum atomic E-state index is -1.64. The highest BCUT2D eigenvalue weighted by Crippen LogP contribution is 2.32. The van der Waals surface area contributed by atoms with E-state index in [0.29, 0.717) is 0 Å². The SMILES string of the molecule is CSc1ccc(CN2C(=O)N[C@@](C)(c3cc(F)ccc3F)C2=O)cc1. The van der Waals surface area contributed by atoms with Crippen molar-refractivity contribution < 1.29 is 18.4 Å². The van der Waals surface area contributed by atoms with E-state index in [1.54, 1.807) is 11.8 Å². The van der Waals surface area contributed by atoms with Crippen LogP contribution >= 0.6 is 11.8 Å². The van der Waals surface area contributed by atoms with E-state index in [0.717, 1.165) is 33.6 Å². The molecule has 1 fully saturated rings. The van der Waals surface area contributed by atoms with Crippen molar-refractivity contribution in [3.63, 3.8) is 0 Å². The van der Waals surface area contributed by atoms with Crippen LogP contribution in [0.15, 0.2) is 47.4 Å². The lowest BCUT2D eigenvalue weighted by molar-refractivity contribution is -0.131. The molecular formula is C18H16F2N2O2S. The Kier molecular flexibility index (Phi) is 4.51. The van der Waals surface area contributed by atoms with E-state index < -0.39 is 29.1 Å². The second-order valence-corrected chi connectivity index (χ2v) is 6.80. The molecule has 1 N–H and O–H groups in total. The molecule has 130 valence electrons. The number of hydrogen-bond donors (Lipinski definition) is 1. The largest absolute Gasteiger partial charge is 0.325 e. The first-order valence-electron chi connectivity index (χ1n) is 7.57. The summed E-state index contributed by atoms with van der Waals surface area (Å²) in [5.74, 6) is -2.04. The van der Waals surface area contributed by atoms with Crippen molar-refractivity contribution >= 4 is 23.7 Å². The molecule has 1 atom stereocenters. The summed E-state index contributed by atoms with van der Waals surface area (Å²) in [6, 6.07) is 9.64. The maximum atomic E-state index is 14.1. The van der Waals surface area contributed by atoms with Crippen LogP contribution < -0.4 is 5.32 Å². The molecule has 2 aromatic rings. The molecule has 0 radical (unpaired) electrons. The average Bonchev–Trinajstić information content (AvgIpc) is 2.81. The maximum absolute atomic E-state index is 14.1. The van der Waals surface area contributed by atoms with Gasteiger partial charge < -0.3 is 5.32 Å². The third-order valence-corrected chi connectivity index (χ3v) is 4.99. The van der Waals surface area contributed by atoms with Crippen LogP contribution in [-0.2, 0) is 16.9 Å². The molecule has 3 amide bonds. The Balaban J connectivity index is 1.89. The molecule has 0 bridgehead atoms. The molecule has 7 heteroatoms. The van der Waals surface area contributed by atoms with Crippen LogP contribution in [0.3, 0.4) is 0 Å². The van der Waals surface area contributed by atoms with E-state index in [9.17, 15) is 18.4 Å². The van der Waals surface area contributed by atoms with Gasteiger partial charge in [0, 0.05) is 10.5 Å². The van der Waals surface area contributed by atoms with Crippen LogP contribution in [0.4, 0.5) is 13.6 Å². The summed E-state index contributed by atoms with van der Waals surface area (Å²) >= 11 is 1.58. The van der Waals surface area contributed by atoms with Gasteiger partial charge in [-0.1, -0.05) is 12.1 Å². The van der Waals surface area contributed by atoms with Gasteiger partial charge in [-0.05, 0) is 49.1 Å². The lowest BCUT2D eigenvalue weighted by Gasteiger charge is -2.23. The van der Waals surface area contributed by atoms with Crippen LogP contribution in [0.2, 0.25) is 0 Å². The molecule has 2 aromatic carbocycles. The van der Waals surface area contributed by atoms with Crippen molar-refractivity contribution in [2.45, 2.75) is 23.9 Å². The van der Waals surface area contributed by atoms with Gasteiger partial charge in [-0.2, -0.15) is 0 Å². The molecule has 0 saturated carbocycles. The summed E-state index contributed by atoms with van der Waals surface area (Å²) in [5, 5.41) is 2.48. The first-order valence-corrected chi connectivity index (χ1v) is 8.80. The van der Waals surface area contributed by atoms with Gasteiger partial charge in [0.15, 0.2) is 0 Å². The highest BCUT2D eigenvalue weighted by atomic mass is 32.2. The van der Waals surface area contributed by atoms with Gasteiger partial charge in [0.05, 0.1) is 6.54 Å². The molecule has 1 aliphatic heterocycles. The van der Waals surface area contributed by atoms with Gasteiger partial charge >= 0.3 is 6.03 Å². The van der Waals surface area contributed by atoms with Gasteiger partial charge in [-0.3, -0.25) is 9.69 Å². The van der Waals surface area contributed by atoms with Crippen molar-refractivity contribution in [3.05, 3.63) is 65.2 Å². The normalized spacial score (nSPS) is 20.1. The average molecular weight is 362 g/mol. The molecule has 0 aromatic heterocycles. The first kappa shape index (κ1) is 17.4. The fraction of sp³-hybridized carbons (Fsp3) is 0.222. The van der Waals surface area contributed by atoms with Crippen molar-refractivity contribution in [1.29, 1.82) is 0 Å². The highest BCUT2D eigenvalue weighted by molar-refractivity contribution is 7.98. The van der Waals surface area contributed by atoms with E-state index in [4.69, 9.17) is 0 Å². The van der Waals surface area contributed by atoms with Gasteiger partial charge in [0.1, 0.15) is 17.2 Å². The Hall–Kier alpha value is -2.41. The Bertz CT molecular complexity index is 841. The summed E-state index contributed by atoms with van der Waals surface area (Å²) in [7, 11) is 0. The molecular weight excluding hydrogens is 346 g/mol. The molecule has 4 nitrogen and oxygen atoms in total. The zero-order chi connectivity index (χ0) is 18.2.